The molecule has 0 spiro atoms. The van der Waals surface area contributed by atoms with Crippen LogP contribution in [-0.4, -0.2) is 11.8 Å². The number of carbonyl (C=O) groups is 2. The van der Waals surface area contributed by atoms with Gasteiger partial charge in [-0.05, 0) is 46.5 Å². The van der Waals surface area contributed by atoms with Gasteiger partial charge < -0.3 is 10.6 Å². The number of amides is 2. The molecule has 0 aromatic heterocycles. The van der Waals surface area contributed by atoms with Gasteiger partial charge in [-0.1, -0.05) is 84.9 Å². The van der Waals surface area contributed by atoms with Gasteiger partial charge in [-0.3, -0.25) is 9.59 Å². The molecule has 3 aliphatic carbocycles. The molecule has 0 radical (unpaired) electrons. The van der Waals surface area contributed by atoms with Crippen LogP contribution >= 0.6 is 0 Å². The largest absolute Gasteiger partial charge is 0.326 e. The number of benzene rings is 4. The molecule has 3 aliphatic rings. The van der Waals surface area contributed by atoms with Crippen LogP contribution in [0.25, 0.3) is 0 Å². The van der Waals surface area contributed by atoms with Crippen LogP contribution in [-0.2, 0) is 9.59 Å². The van der Waals surface area contributed by atoms with Crippen molar-refractivity contribution in [2.24, 2.45) is 11.8 Å². The number of para-hydroxylation sites is 2. The van der Waals surface area contributed by atoms with Gasteiger partial charge in [0.1, 0.15) is 0 Å². The lowest BCUT2D eigenvalue weighted by molar-refractivity contribution is -0.131. The Morgan fingerprint density at radius 3 is 1.06 bits per heavy atom. The third-order valence-electron chi connectivity index (χ3n) is 7.13. The van der Waals surface area contributed by atoms with Gasteiger partial charge in [0.05, 0.1) is 11.8 Å². The highest BCUT2D eigenvalue weighted by molar-refractivity contribution is 6.02. The molecule has 34 heavy (non-hydrogen) atoms. The Bertz CT molecular complexity index is 1210. The predicted octanol–water partition coefficient (Wildman–Crippen LogP) is 5.79. The Morgan fingerprint density at radius 2 is 0.735 bits per heavy atom. The quantitative estimate of drug-likeness (QED) is 0.419. The molecule has 0 saturated heterocycles. The molecule has 2 atom stereocenters. The number of hydrogen-bond acceptors (Lipinski definition) is 2. The van der Waals surface area contributed by atoms with Crippen LogP contribution in [0.2, 0.25) is 0 Å². The summed E-state index contributed by atoms with van der Waals surface area (Å²) in [5.74, 6) is -1.69. The standard InChI is InChI=1S/C30H24N2O2/c33-29(31-19-11-3-1-4-12-19)27-25-21-15-7-9-17-23(21)26(24-18-10-8-16-22(24)25)28(27)30(34)32-20-13-5-2-6-14-20/h1-18,25-28H,(H,31,33)(H,32,34)/t25?,26?,27-,28-/m1/s1. The predicted molar refractivity (Wildman–Crippen MR) is 134 cm³/mol. The summed E-state index contributed by atoms with van der Waals surface area (Å²) in [6, 6.07) is 35.4. The summed E-state index contributed by atoms with van der Waals surface area (Å²) in [6.07, 6.45) is 0. The molecule has 2 N–H and O–H groups in total. The molecule has 0 unspecified atom stereocenters. The monoisotopic (exact) mass is 444 g/mol. The number of hydrogen-bond donors (Lipinski definition) is 2. The SMILES string of the molecule is O=C(Nc1ccccc1)[C@@H]1C2c3ccccc3C(c3ccccc32)[C@H]1C(=O)Nc1ccccc1. The van der Waals surface area contributed by atoms with E-state index in [1.165, 1.54) is 0 Å². The fourth-order valence-corrected chi connectivity index (χ4v) is 5.80. The normalized spacial score (nSPS) is 21.8. The zero-order valence-corrected chi connectivity index (χ0v) is 18.5. The van der Waals surface area contributed by atoms with Crippen LogP contribution in [0.1, 0.15) is 34.1 Å². The molecule has 166 valence electrons. The van der Waals surface area contributed by atoms with Crippen LogP contribution in [0.5, 0.6) is 0 Å². The topological polar surface area (TPSA) is 58.2 Å². The summed E-state index contributed by atoms with van der Waals surface area (Å²) >= 11 is 0. The van der Waals surface area contributed by atoms with Gasteiger partial charge in [0.25, 0.3) is 0 Å². The summed E-state index contributed by atoms with van der Waals surface area (Å²) in [5.41, 5.74) is 6.04. The van der Waals surface area contributed by atoms with E-state index in [0.29, 0.717) is 0 Å². The van der Waals surface area contributed by atoms with Gasteiger partial charge in [-0.2, -0.15) is 0 Å². The van der Waals surface area contributed by atoms with Gasteiger partial charge in [0.2, 0.25) is 11.8 Å². The second kappa shape index (κ2) is 8.31. The maximum absolute atomic E-state index is 13.9. The van der Waals surface area contributed by atoms with E-state index in [1.54, 1.807) is 0 Å². The third-order valence-corrected chi connectivity index (χ3v) is 7.13. The number of fused-ring (bicyclic) bond motifs is 1. The van der Waals surface area contributed by atoms with Gasteiger partial charge in [-0.25, -0.2) is 0 Å². The molecular weight excluding hydrogens is 420 g/mol. The zero-order valence-electron chi connectivity index (χ0n) is 18.5. The van der Waals surface area contributed by atoms with Crippen molar-refractivity contribution < 1.29 is 9.59 Å². The second-order valence-corrected chi connectivity index (χ2v) is 8.98. The molecule has 4 aromatic rings. The van der Waals surface area contributed by atoms with Crippen molar-refractivity contribution >= 4 is 23.2 Å². The van der Waals surface area contributed by atoms with Gasteiger partial charge in [-0.15, -0.1) is 0 Å². The fraction of sp³-hybridized carbons (Fsp3) is 0.133. The molecule has 4 aromatic carbocycles. The molecule has 0 heterocycles. The molecule has 0 fully saturated rings. The molecule has 4 heteroatoms. The maximum Gasteiger partial charge on any atom is 0.229 e. The Morgan fingerprint density at radius 1 is 0.441 bits per heavy atom. The Kier molecular flexibility index (Phi) is 4.99. The van der Waals surface area contributed by atoms with Crippen molar-refractivity contribution in [1.82, 2.24) is 0 Å². The van der Waals surface area contributed by atoms with Crippen LogP contribution in [0, 0.1) is 11.8 Å². The molecule has 4 nitrogen and oxygen atoms in total. The van der Waals surface area contributed by atoms with Crippen molar-refractivity contribution in [3.8, 4) is 0 Å². The van der Waals surface area contributed by atoms with Crippen LogP contribution < -0.4 is 10.6 Å². The van der Waals surface area contributed by atoms with Crippen molar-refractivity contribution in [3.05, 3.63) is 131 Å². The highest BCUT2D eigenvalue weighted by atomic mass is 16.2. The molecule has 0 saturated carbocycles. The highest BCUT2D eigenvalue weighted by Gasteiger charge is 2.55. The smallest absolute Gasteiger partial charge is 0.229 e. The van der Waals surface area contributed by atoms with E-state index < -0.39 is 11.8 Å². The molecule has 2 bridgehead atoms. The summed E-state index contributed by atoms with van der Waals surface area (Å²) < 4.78 is 0. The lowest BCUT2D eigenvalue weighted by Gasteiger charge is -2.49. The molecule has 7 rings (SSSR count). The second-order valence-electron chi connectivity index (χ2n) is 8.98. The molecular formula is C30H24N2O2. The lowest BCUT2D eigenvalue weighted by Crippen LogP contribution is -2.50. The van der Waals surface area contributed by atoms with Gasteiger partial charge >= 0.3 is 0 Å². The van der Waals surface area contributed by atoms with E-state index in [9.17, 15) is 9.59 Å². The first kappa shape index (κ1) is 20.4. The number of nitrogens with one attached hydrogen (secondary N) is 2. The van der Waals surface area contributed by atoms with Crippen molar-refractivity contribution in [2.75, 3.05) is 10.6 Å². The highest BCUT2D eigenvalue weighted by Crippen LogP contribution is 2.58. The Labute approximate surface area is 198 Å². The summed E-state index contributed by atoms with van der Waals surface area (Å²) in [5, 5.41) is 6.18. The van der Waals surface area contributed by atoms with Crippen LogP contribution in [0.4, 0.5) is 11.4 Å². The Hall–Kier alpha value is -4.18. The summed E-state index contributed by atoms with van der Waals surface area (Å²) in [7, 11) is 0. The van der Waals surface area contributed by atoms with Crippen LogP contribution in [0.3, 0.4) is 0 Å². The van der Waals surface area contributed by atoms with E-state index in [1.807, 2.05) is 84.9 Å². The first-order chi connectivity index (χ1) is 16.7. The van der Waals surface area contributed by atoms with Gasteiger partial charge in [0.15, 0.2) is 0 Å². The van der Waals surface area contributed by atoms with Crippen molar-refractivity contribution in [1.29, 1.82) is 0 Å². The Balaban J connectivity index is 1.48. The summed E-state index contributed by atoms with van der Waals surface area (Å²) in [4.78, 5) is 27.7. The zero-order chi connectivity index (χ0) is 23.1. The third kappa shape index (κ3) is 3.30. The molecule has 2 amide bonds. The number of carbonyl (C=O) groups excluding carboxylic acids is 2. The van der Waals surface area contributed by atoms with E-state index >= 15 is 0 Å². The minimum Gasteiger partial charge on any atom is -0.326 e. The number of anilines is 2. The van der Waals surface area contributed by atoms with Crippen LogP contribution in [0.15, 0.2) is 109 Å². The van der Waals surface area contributed by atoms with Crippen molar-refractivity contribution in [3.63, 3.8) is 0 Å². The average Bonchev–Trinajstić information content (AvgIpc) is 2.89. The first-order valence-corrected chi connectivity index (χ1v) is 11.6. The first-order valence-electron chi connectivity index (χ1n) is 11.6. The minimum atomic E-state index is -0.529. The van der Waals surface area contributed by atoms with E-state index in [-0.39, 0.29) is 23.7 Å². The number of rotatable bonds is 4. The summed E-state index contributed by atoms with van der Waals surface area (Å²) in [6.45, 7) is 0. The van der Waals surface area contributed by atoms with E-state index in [2.05, 4.69) is 34.9 Å². The van der Waals surface area contributed by atoms with Gasteiger partial charge in [0, 0.05) is 23.2 Å². The lowest BCUT2D eigenvalue weighted by atomic mass is 9.53. The fourth-order valence-electron chi connectivity index (χ4n) is 5.80. The molecule has 0 aliphatic heterocycles. The van der Waals surface area contributed by atoms with E-state index in [0.717, 1.165) is 33.6 Å². The maximum atomic E-state index is 13.9. The van der Waals surface area contributed by atoms with Crippen molar-refractivity contribution in [2.45, 2.75) is 11.8 Å². The minimum absolute atomic E-state index is 0.126. The van der Waals surface area contributed by atoms with E-state index in [4.69, 9.17) is 0 Å². The average molecular weight is 445 g/mol.